The molecular formula is C16H19F2NS. The minimum Gasteiger partial charge on any atom is -0.306 e. The Labute approximate surface area is 122 Å². The highest BCUT2D eigenvalue weighted by atomic mass is 32.1. The van der Waals surface area contributed by atoms with Gasteiger partial charge in [0.2, 0.25) is 0 Å². The number of nitrogens with one attached hydrogen (secondary N) is 1. The molecule has 0 spiro atoms. The van der Waals surface area contributed by atoms with E-state index in [1.54, 1.807) is 11.3 Å². The lowest BCUT2D eigenvalue weighted by molar-refractivity contribution is 0.536. The topological polar surface area (TPSA) is 12.0 Å². The molecule has 0 aliphatic carbocycles. The van der Waals surface area contributed by atoms with E-state index in [0.29, 0.717) is 5.56 Å². The molecule has 1 nitrogen and oxygen atoms in total. The molecule has 108 valence electrons. The van der Waals surface area contributed by atoms with Crippen LogP contribution in [0, 0.1) is 11.6 Å². The molecule has 0 aliphatic rings. The van der Waals surface area contributed by atoms with Crippen LogP contribution in [0.15, 0.2) is 30.3 Å². The van der Waals surface area contributed by atoms with Crippen LogP contribution in [-0.2, 0) is 6.42 Å². The van der Waals surface area contributed by atoms with Crippen molar-refractivity contribution < 1.29 is 8.78 Å². The van der Waals surface area contributed by atoms with Crippen LogP contribution in [0.4, 0.5) is 8.78 Å². The van der Waals surface area contributed by atoms with E-state index in [0.717, 1.165) is 30.3 Å². The standard InChI is InChI=1S/C16H19F2NS/c1-3-9-19-16(15-8-6-12(4-2)20-15)13-7-5-11(17)10-14(13)18/h5-8,10,16,19H,3-4,9H2,1-2H3. The van der Waals surface area contributed by atoms with Gasteiger partial charge in [0.1, 0.15) is 11.6 Å². The second-order valence-electron chi connectivity index (χ2n) is 4.71. The van der Waals surface area contributed by atoms with Crippen molar-refractivity contribution in [3.8, 4) is 0 Å². The third kappa shape index (κ3) is 3.44. The van der Waals surface area contributed by atoms with E-state index in [1.807, 2.05) is 6.07 Å². The summed E-state index contributed by atoms with van der Waals surface area (Å²) in [6, 6.07) is 7.68. The van der Waals surface area contributed by atoms with Crippen LogP contribution in [0.5, 0.6) is 0 Å². The average Bonchev–Trinajstić information content (AvgIpc) is 2.90. The quantitative estimate of drug-likeness (QED) is 0.816. The lowest BCUT2D eigenvalue weighted by Gasteiger charge is -2.18. The molecular weight excluding hydrogens is 276 g/mol. The molecule has 1 aromatic carbocycles. The fourth-order valence-corrected chi connectivity index (χ4v) is 3.18. The van der Waals surface area contributed by atoms with Gasteiger partial charge in [-0.3, -0.25) is 0 Å². The van der Waals surface area contributed by atoms with Crippen molar-refractivity contribution in [1.29, 1.82) is 0 Å². The molecule has 0 saturated heterocycles. The molecule has 0 saturated carbocycles. The van der Waals surface area contributed by atoms with E-state index >= 15 is 0 Å². The first-order valence-corrected chi connectivity index (χ1v) is 7.74. The molecule has 1 atom stereocenters. The Bertz CT molecular complexity index is 565. The van der Waals surface area contributed by atoms with E-state index < -0.39 is 11.6 Å². The van der Waals surface area contributed by atoms with Crippen LogP contribution in [0.3, 0.4) is 0 Å². The second kappa shape index (κ2) is 6.95. The van der Waals surface area contributed by atoms with Crippen LogP contribution < -0.4 is 5.32 Å². The van der Waals surface area contributed by atoms with E-state index in [9.17, 15) is 8.78 Å². The average molecular weight is 295 g/mol. The van der Waals surface area contributed by atoms with Gasteiger partial charge in [-0.25, -0.2) is 8.78 Å². The molecule has 2 rings (SSSR count). The number of hydrogen-bond acceptors (Lipinski definition) is 2. The highest BCUT2D eigenvalue weighted by molar-refractivity contribution is 7.12. The summed E-state index contributed by atoms with van der Waals surface area (Å²) in [6.07, 6.45) is 1.93. The minimum atomic E-state index is -0.541. The lowest BCUT2D eigenvalue weighted by Crippen LogP contribution is -2.23. The Hall–Kier alpha value is -1.26. The van der Waals surface area contributed by atoms with Gasteiger partial charge in [-0.2, -0.15) is 0 Å². The summed E-state index contributed by atoms with van der Waals surface area (Å²) >= 11 is 1.68. The first-order chi connectivity index (χ1) is 9.65. The van der Waals surface area contributed by atoms with E-state index in [1.165, 1.54) is 17.0 Å². The Morgan fingerprint density at radius 2 is 1.95 bits per heavy atom. The predicted molar refractivity (Wildman–Crippen MR) is 80.2 cm³/mol. The van der Waals surface area contributed by atoms with Gasteiger partial charge in [0, 0.05) is 21.4 Å². The Morgan fingerprint density at radius 3 is 2.55 bits per heavy atom. The molecule has 4 heteroatoms. The molecule has 0 aliphatic heterocycles. The Kier molecular flexibility index (Phi) is 5.26. The lowest BCUT2D eigenvalue weighted by atomic mass is 10.0. The maximum atomic E-state index is 14.0. The zero-order chi connectivity index (χ0) is 14.5. The number of aryl methyl sites for hydroxylation is 1. The normalized spacial score (nSPS) is 12.6. The summed E-state index contributed by atoms with van der Waals surface area (Å²) in [5.41, 5.74) is 0.504. The molecule has 1 N–H and O–H groups in total. The van der Waals surface area contributed by atoms with Crippen LogP contribution in [-0.4, -0.2) is 6.54 Å². The van der Waals surface area contributed by atoms with Crippen molar-refractivity contribution in [2.75, 3.05) is 6.54 Å². The van der Waals surface area contributed by atoms with Gasteiger partial charge >= 0.3 is 0 Å². The van der Waals surface area contributed by atoms with Gasteiger partial charge in [-0.1, -0.05) is 19.9 Å². The van der Waals surface area contributed by atoms with Gasteiger partial charge in [-0.05, 0) is 37.6 Å². The van der Waals surface area contributed by atoms with Crippen LogP contribution in [0.1, 0.15) is 41.6 Å². The third-order valence-electron chi connectivity index (χ3n) is 3.19. The van der Waals surface area contributed by atoms with Gasteiger partial charge in [0.25, 0.3) is 0 Å². The SMILES string of the molecule is CCCNC(c1ccc(CC)s1)c1ccc(F)cc1F. The smallest absolute Gasteiger partial charge is 0.131 e. The summed E-state index contributed by atoms with van der Waals surface area (Å²) in [4.78, 5) is 2.34. The maximum Gasteiger partial charge on any atom is 0.131 e. The van der Waals surface area contributed by atoms with E-state index in [4.69, 9.17) is 0 Å². The summed E-state index contributed by atoms with van der Waals surface area (Å²) in [6.45, 7) is 4.96. The van der Waals surface area contributed by atoms with Gasteiger partial charge in [0.15, 0.2) is 0 Å². The molecule has 1 unspecified atom stereocenters. The van der Waals surface area contributed by atoms with Crippen molar-refractivity contribution in [3.05, 3.63) is 57.3 Å². The number of thiophene rings is 1. The number of benzene rings is 1. The van der Waals surface area contributed by atoms with Gasteiger partial charge in [0.05, 0.1) is 6.04 Å². The zero-order valence-corrected chi connectivity index (χ0v) is 12.6. The van der Waals surface area contributed by atoms with Crippen molar-refractivity contribution in [1.82, 2.24) is 5.32 Å². The number of halogens is 2. The largest absolute Gasteiger partial charge is 0.306 e. The monoisotopic (exact) mass is 295 g/mol. The summed E-state index contributed by atoms with van der Waals surface area (Å²) in [5.74, 6) is -1.04. The summed E-state index contributed by atoms with van der Waals surface area (Å²) in [5, 5.41) is 3.35. The molecule has 20 heavy (non-hydrogen) atoms. The fourth-order valence-electron chi connectivity index (χ4n) is 2.13. The number of rotatable bonds is 6. The van der Waals surface area contributed by atoms with Gasteiger partial charge in [-0.15, -0.1) is 11.3 Å². The van der Waals surface area contributed by atoms with E-state index in [-0.39, 0.29) is 6.04 Å². The molecule has 0 radical (unpaired) electrons. The molecule has 2 aromatic rings. The first-order valence-electron chi connectivity index (χ1n) is 6.92. The van der Waals surface area contributed by atoms with Crippen LogP contribution in [0.25, 0.3) is 0 Å². The second-order valence-corrected chi connectivity index (χ2v) is 5.91. The van der Waals surface area contributed by atoms with Crippen molar-refractivity contribution >= 4 is 11.3 Å². The highest BCUT2D eigenvalue weighted by Crippen LogP contribution is 2.30. The number of hydrogen-bond donors (Lipinski definition) is 1. The van der Waals surface area contributed by atoms with Crippen molar-refractivity contribution in [2.45, 2.75) is 32.7 Å². The predicted octanol–water partition coefficient (Wildman–Crippen LogP) is 4.68. The van der Waals surface area contributed by atoms with Crippen LogP contribution >= 0.6 is 11.3 Å². The first kappa shape index (κ1) is 15.1. The Morgan fingerprint density at radius 1 is 1.15 bits per heavy atom. The third-order valence-corrected chi connectivity index (χ3v) is 4.48. The highest BCUT2D eigenvalue weighted by Gasteiger charge is 2.19. The Balaban J connectivity index is 2.35. The van der Waals surface area contributed by atoms with Crippen LogP contribution in [0.2, 0.25) is 0 Å². The molecule has 0 amide bonds. The molecule has 1 aromatic heterocycles. The summed E-state index contributed by atoms with van der Waals surface area (Å²) < 4.78 is 27.1. The zero-order valence-electron chi connectivity index (χ0n) is 11.7. The maximum absolute atomic E-state index is 14.0. The minimum absolute atomic E-state index is 0.208. The molecule has 0 fully saturated rings. The van der Waals surface area contributed by atoms with Crippen molar-refractivity contribution in [3.63, 3.8) is 0 Å². The molecule has 0 bridgehead atoms. The summed E-state index contributed by atoms with van der Waals surface area (Å²) in [7, 11) is 0. The van der Waals surface area contributed by atoms with Gasteiger partial charge < -0.3 is 5.32 Å². The van der Waals surface area contributed by atoms with Crippen molar-refractivity contribution in [2.24, 2.45) is 0 Å². The van der Waals surface area contributed by atoms with E-state index in [2.05, 4.69) is 25.2 Å². The molecule has 1 heterocycles. The fraction of sp³-hybridized carbons (Fsp3) is 0.375.